The van der Waals surface area contributed by atoms with E-state index >= 15 is 0 Å². The van der Waals surface area contributed by atoms with Crippen LogP contribution in [0.15, 0.2) is 71.5 Å². The molecule has 5 rings (SSSR count). The summed E-state index contributed by atoms with van der Waals surface area (Å²) >= 11 is 3.57. The Morgan fingerprint density at radius 1 is 0.769 bits per heavy atom. The highest BCUT2D eigenvalue weighted by molar-refractivity contribution is 9.10. The molecule has 26 heavy (non-hydrogen) atoms. The van der Waals surface area contributed by atoms with E-state index < -0.39 is 0 Å². The Balaban J connectivity index is 0.000000204. The molecule has 0 radical (unpaired) electrons. The second-order valence-electron chi connectivity index (χ2n) is 6.68. The first-order valence-corrected chi connectivity index (χ1v) is 9.98. The van der Waals surface area contributed by atoms with Crippen molar-refractivity contribution < 1.29 is 0 Å². The summed E-state index contributed by atoms with van der Waals surface area (Å²) in [6.45, 7) is 0. The van der Waals surface area contributed by atoms with Gasteiger partial charge in [0.2, 0.25) is 0 Å². The average Bonchev–Trinajstić information content (AvgIpc) is 3.01. The molecule has 0 fully saturated rings. The molecule has 0 bridgehead atoms. The standard InChI is InChI=1S/C18H15Br.C6H7N/c19-14-7-10-16-13(11-14)6-9-17-15-4-2-1-3-12(15)5-8-18(16)17;1-2-4-6-7-5-3-1/h4-5,7-11H,1-3,6H2;1-7H. The summed E-state index contributed by atoms with van der Waals surface area (Å²) in [4.78, 5) is 0. The average molecular weight is 404 g/mol. The Bertz CT molecular complexity index is 1010. The maximum absolute atomic E-state index is 3.57. The van der Waals surface area contributed by atoms with Crippen LogP contribution in [0.25, 0.3) is 23.3 Å². The monoisotopic (exact) mass is 403 g/mol. The van der Waals surface area contributed by atoms with E-state index in [-0.39, 0.29) is 0 Å². The molecule has 0 unspecified atom stereocenters. The summed E-state index contributed by atoms with van der Waals surface area (Å²) in [6, 6.07) is 11.3. The SMILES string of the molecule is Brc1ccc2c(c1)CC=c1c-2ccc2c1=CCCC2.C1=CC=CNC=C1. The van der Waals surface area contributed by atoms with Crippen LogP contribution in [0, 0.1) is 0 Å². The molecule has 0 aromatic heterocycles. The van der Waals surface area contributed by atoms with Crippen molar-refractivity contribution in [1.29, 1.82) is 0 Å². The molecular formula is C24H22BrN. The summed E-state index contributed by atoms with van der Waals surface area (Å²) in [5.74, 6) is 0. The molecule has 1 N–H and O–H groups in total. The van der Waals surface area contributed by atoms with Gasteiger partial charge in [-0.05, 0) is 82.7 Å². The van der Waals surface area contributed by atoms with Crippen molar-refractivity contribution in [1.82, 2.24) is 5.32 Å². The van der Waals surface area contributed by atoms with E-state index in [1.54, 1.807) is 0 Å². The van der Waals surface area contributed by atoms with Gasteiger partial charge in [-0.15, -0.1) is 0 Å². The van der Waals surface area contributed by atoms with Crippen LogP contribution in [0.3, 0.4) is 0 Å². The van der Waals surface area contributed by atoms with E-state index in [0.717, 1.165) is 6.42 Å². The number of nitrogens with one attached hydrogen (secondary N) is 1. The smallest absolute Gasteiger partial charge is 0.0178 e. The van der Waals surface area contributed by atoms with E-state index in [1.165, 1.54) is 56.4 Å². The lowest BCUT2D eigenvalue weighted by Crippen LogP contribution is -2.33. The largest absolute Gasteiger partial charge is 0.368 e. The van der Waals surface area contributed by atoms with Crippen LogP contribution in [0.2, 0.25) is 0 Å². The van der Waals surface area contributed by atoms with Crippen molar-refractivity contribution in [3.05, 3.63) is 93.1 Å². The Morgan fingerprint density at radius 3 is 2.42 bits per heavy atom. The van der Waals surface area contributed by atoms with Crippen molar-refractivity contribution in [2.24, 2.45) is 0 Å². The topological polar surface area (TPSA) is 12.0 Å². The van der Waals surface area contributed by atoms with Crippen molar-refractivity contribution in [2.45, 2.75) is 25.7 Å². The first kappa shape index (κ1) is 17.1. The molecule has 2 heteroatoms. The summed E-state index contributed by atoms with van der Waals surface area (Å²) in [7, 11) is 0. The second-order valence-corrected chi connectivity index (χ2v) is 7.59. The van der Waals surface area contributed by atoms with Gasteiger partial charge in [0, 0.05) is 16.9 Å². The predicted octanol–water partition coefficient (Wildman–Crippen LogP) is 4.74. The number of benzene rings is 2. The van der Waals surface area contributed by atoms with Crippen molar-refractivity contribution in [3.63, 3.8) is 0 Å². The summed E-state index contributed by atoms with van der Waals surface area (Å²) in [6.07, 6.45) is 21.2. The Morgan fingerprint density at radius 2 is 1.58 bits per heavy atom. The van der Waals surface area contributed by atoms with E-state index in [9.17, 15) is 0 Å². The number of hydrogen-bond acceptors (Lipinski definition) is 1. The minimum Gasteiger partial charge on any atom is -0.368 e. The maximum Gasteiger partial charge on any atom is 0.0178 e. The van der Waals surface area contributed by atoms with Gasteiger partial charge in [0.05, 0.1) is 0 Å². The molecule has 1 aliphatic heterocycles. The van der Waals surface area contributed by atoms with Gasteiger partial charge in [0.25, 0.3) is 0 Å². The molecule has 2 aromatic rings. The highest BCUT2D eigenvalue weighted by Gasteiger charge is 2.14. The fourth-order valence-electron chi connectivity index (χ4n) is 3.75. The molecule has 2 aromatic carbocycles. The number of aryl methyl sites for hydroxylation is 1. The molecule has 0 atom stereocenters. The molecule has 0 spiro atoms. The maximum atomic E-state index is 3.57. The van der Waals surface area contributed by atoms with Crippen LogP contribution in [0.4, 0.5) is 0 Å². The van der Waals surface area contributed by atoms with Crippen molar-refractivity contribution >= 4 is 28.1 Å². The van der Waals surface area contributed by atoms with Crippen molar-refractivity contribution in [2.75, 3.05) is 0 Å². The first-order chi connectivity index (χ1) is 12.8. The third-order valence-electron chi connectivity index (χ3n) is 4.98. The first-order valence-electron chi connectivity index (χ1n) is 9.18. The quantitative estimate of drug-likeness (QED) is 0.669. The lowest BCUT2D eigenvalue weighted by atomic mass is 9.87. The zero-order valence-corrected chi connectivity index (χ0v) is 16.3. The number of allylic oxidation sites excluding steroid dienone is 4. The van der Waals surface area contributed by atoms with Gasteiger partial charge in [0.15, 0.2) is 0 Å². The number of hydrogen-bond donors (Lipinski definition) is 1. The molecule has 0 saturated heterocycles. The Kier molecular flexibility index (Phi) is 5.21. The van der Waals surface area contributed by atoms with E-state index in [1.807, 2.05) is 36.7 Å². The zero-order chi connectivity index (χ0) is 17.8. The zero-order valence-electron chi connectivity index (χ0n) is 14.7. The molecule has 0 amide bonds. The number of halogens is 1. The lowest BCUT2D eigenvalue weighted by Gasteiger charge is -2.18. The molecule has 3 aliphatic rings. The van der Waals surface area contributed by atoms with Crippen LogP contribution in [-0.2, 0) is 12.8 Å². The van der Waals surface area contributed by atoms with Crippen LogP contribution in [0.1, 0.15) is 24.0 Å². The van der Waals surface area contributed by atoms with Crippen LogP contribution < -0.4 is 15.8 Å². The molecule has 1 nitrogen and oxygen atoms in total. The Hall–Kier alpha value is -2.32. The summed E-state index contributed by atoms with van der Waals surface area (Å²) < 4.78 is 1.17. The molecule has 0 saturated carbocycles. The van der Waals surface area contributed by atoms with Crippen LogP contribution >= 0.6 is 15.9 Å². The highest BCUT2D eigenvalue weighted by atomic mass is 79.9. The predicted molar refractivity (Wildman–Crippen MR) is 115 cm³/mol. The molecule has 2 aliphatic carbocycles. The number of rotatable bonds is 0. The lowest BCUT2D eigenvalue weighted by molar-refractivity contribution is 0.834. The van der Waals surface area contributed by atoms with E-state index in [4.69, 9.17) is 0 Å². The summed E-state index contributed by atoms with van der Waals surface area (Å²) in [5.41, 5.74) is 5.77. The third-order valence-corrected chi connectivity index (χ3v) is 5.47. The van der Waals surface area contributed by atoms with E-state index in [0.29, 0.717) is 0 Å². The fourth-order valence-corrected chi connectivity index (χ4v) is 4.15. The minimum atomic E-state index is 1.05. The fraction of sp³-hybridized carbons (Fsp3) is 0.167. The van der Waals surface area contributed by atoms with E-state index in [2.05, 4.69) is 63.7 Å². The molecule has 130 valence electrons. The normalized spacial score (nSPS) is 15.7. The minimum absolute atomic E-state index is 1.05. The van der Waals surface area contributed by atoms with Gasteiger partial charge in [-0.3, -0.25) is 0 Å². The Labute approximate surface area is 163 Å². The third kappa shape index (κ3) is 3.61. The van der Waals surface area contributed by atoms with Crippen LogP contribution in [-0.4, -0.2) is 0 Å². The van der Waals surface area contributed by atoms with Crippen molar-refractivity contribution in [3.8, 4) is 11.1 Å². The number of fused-ring (bicyclic) bond motifs is 5. The van der Waals surface area contributed by atoms with Gasteiger partial charge in [-0.25, -0.2) is 0 Å². The van der Waals surface area contributed by atoms with Gasteiger partial charge < -0.3 is 5.32 Å². The highest BCUT2D eigenvalue weighted by Crippen LogP contribution is 2.27. The molecule has 1 heterocycles. The van der Waals surface area contributed by atoms with Gasteiger partial charge >= 0.3 is 0 Å². The second kappa shape index (κ2) is 7.92. The van der Waals surface area contributed by atoms with Gasteiger partial charge in [-0.1, -0.05) is 58.4 Å². The van der Waals surface area contributed by atoms with Gasteiger partial charge in [-0.2, -0.15) is 0 Å². The molecular weight excluding hydrogens is 382 g/mol. The summed E-state index contributed by atoms with van der Waals surface area (Å²) in [5, 5.41) is 5.89. The van der Waals surface area contributed by atoms with Crippen LogP contribution in [0.5, 0.6) is 0 Å². The van der Waals surface area contributed by atoms with Gasteiger partial charge in [0.1, 0.15) is 0 Å².